The first kappa shape index (κ1) is 80.5. The molecule has 614 valence electrons. The van der Waals surface area contributed by atoms with E-state index in [2.05, 4.69) is 128 Å². The normalized spacial score (nSPS) is 19.0. The number of hydrogen-bond donors (Lipinski definition) is 7. The lowest BCUT2D eigenvalue weighted by Gasteiger charge is -2.36. The van der Waals surface area contributed by atoms with Crippen molar-refractivity contribution in [1.29, 1.82) is 0 Å². The fraction of sp³-hybridized carbons (Fsp3) is 0.457. The van der Waals surface area contributed by atoms with Gasteiger partial charge in [-0.1, -0.05) is 24.9 Å². The van der Waals surface area contributed by atoms with E-state index in [1.54, 1.807) is 55.2 Å². The van der Waals surface area contributed by atoms with E-state index in [1.807, 2.05) is 85.7 Å². The van der Waals surface area contributed by atoms with E-state index in [1.165, 1.54) is 20.3 Å². The fourth-order valence-electron chi connectivity index (χ4n) is 13.9. The summed E-state index contributed by atoms with van der Waals surface area (Å²) >= 11 is 6.46. The predicted octanol–water partition coefficient (Wildman–Crippen LogP) is 14.8. The van der Waals surface area contributed by atoms with Crippen molar-refractivity contribution in [2.75, 3.05) is 51.3 Å². The Bertz CT molecular complexity index is 5380. The Hall–Kier alpha value is -12.1. The highest BCUT2D eigenvalue weighted by Gasteiger charge is 2.42. The van der Waals surface area contributed by atoms with E-state index >= 15 is 0 Å². The molecule has 0 amide bonds. The number of imidazole rings is 1. The molecule has 12 aromatic rings. The lowest BCUT2D eigenvalue weighted by atomic mass is 9.86. The summed E-state index contributed by atoms with van der Waals surface area (Å²) in [6.45, 7) is 12.1. The van der Waals surface area contributed by atoms with Gasteiger partial charge in [-0.25, -0.2) is 53.9 Å². The van der Waals surface area contributed by atoms with Gasteiger partial charge in [0.25, 0.3) is 0 Å². The van der Waals surface area contributed by atoms with Crippen molar-refractivity contribution in [2.24, 2.45) is 0 Å². The zero-order chi connectivity index (χ0) is 82.3. The van der Waals surface area contributed by atoms with Gasteiger partial charge < -0.3 is 41.8 Å². The molecule has 0 saturated heterocycles. The highest BCUT2D eigenvalue weighted by Crippen LogP contribution is 2.47. The molecule has 7 N–H and O–H groups in total. The van der Waals surface area contributed by atoms with Crippen LogP contribution in [0.4, 0.5) is 117 Å². The summed E-state index contributed by atoms with van der Waals surface area (Å²) in [4.78, 5) is 43.9. The van der Waals surface area contributed by atoms with Gasteiger partial charge in [0.2, 0.25) is 23.8 Å². The molecule has 116 heavy (non-hydrogen) atoms. The summed E-state index contributed by atoms with van der Waals surface area (Å²) in [6.07, 6.45) is 10.8. The Morgan fingerprint density at radius 3 is 1.34 bits per heavy atom. The van der Waals surface area contributed by atoms with Crippen molar-refractivity contribution in [3.63, 3.8) is 0 Å². The smallest absolute Gasteiger partial charge is 0.372 e. The number of hydrogen-bond acceptors (Lipinski definition) is 25. The van der Waals surface area contributed by atoms with Gasteiger partial charge in [-0.05, 0) is 105 Å². The summed E-state index contributed by atoms with van der Waals surface area (Å²) in [6, 6.07) is 3.50. The molecule has 0 radical (unpaired) electrons. The minimum absolute atomic E-state index is 0.0414. The monoisotopic (exact) mass is 1640 g/mol. The molecular formula is C70H78ClF12N33. The quantitative estimate of drug-likeness (QED) is 0.0329. The van der Waals surface area contributed by atoms with E-state index in [0.29, 0.717) is 46.4 Å². The third kappa shape index (κ3) is 17.6. The molecule has 17 rings (SSSR count). The highest BCUT2D eigenvalue weighted by molar-refractivity contribution is 6.32. The topological polar surface area (TPSA) is 356 Å². The molecule has 12 aromatic heterocycles. The van der Waals surface area contributed by atoms with Crippen LogP contribution in [0.3, 0.4) is 0 Å². The van der Waals surface area contributed by atoms with E-state index in [4.69, 9.17) is 11.6 Å². The number of halogens is 13. The lowest BCUT2D eigenvalue weighted by molar-refractivity contribution is -0.139. The van der Waals surface area contributed by atoms with Crippen LogP contribution in [-0.4, -0.2) is 148 Å². The molecule has 4 aliphatic carbocycles. The summed E-state index contributed by atoms with van der Waals surface area (Å²) in [5, 5.41) is 50.4. The molecular weight excluding hydrogens is 1570 g/mol. The molecule has 1 atom stereocenters. The fourth-order valence-corrected chi connectivity index (χ4v) is 14.2. The second-order valence-corrected chi connectivity index (χ2v) is 28.6. The van der Waals surface area contributed by atoms with Gasteiger partial charge >= 0.3 is 24.7 Å². The number of nitrogens with one attached hydrogen (secondary N) is 7. The van der Waals surface area contributed by atoms with Crippen molar-refractivity contribution in [3.05, 3.63) is 161 Å². The molecule has 4 saturated carbocycles. The van der Waals surface area contributed by atoms with Crippen molar-refractivity contribution in [1.82, 2.24) is 128 Å². The van der Waals surface area contributed by atoms with Crippen LogP contribution in [0.15, 0.2) is 93.1 Å². The molecule has 0 bridgehead atoms. The van der Waals surface area contributed by atoms with Gasteiger partial charge in [0.15, 0.2) is 5.15 Å². The van der Waals surface area contributed by atoms with Crippen LogP contribution in [0.2, 0.25) is 5.15 Å². The Kier molecular flexibility index (Phi) is 22.7. The van der Waals surface area contributed by atoms with Crippen LogP contribution in [-0.2, 0) is 37.7 Å². The average molecular weight is 1650 g/mol. The maximum Gasteiger partial charge on any atom is 0.421 e. The molecule has 5 aliphatic rings. The Balaban J connectivity index is 0.000000128. The average Bonchev–Trinajstić information content (AvgIpc) is 1.63. The van der Waals surface area contributed by atoms with Gasteiger partial charge in [0.05, 0.1) is 112 Å². The largest absolute Gasteiger partial charge is 0.421 e. The molecule has 1 unspecified atom stereocenters. The summed E-state index contributed by atoms with van der Waals surface area (Å²) < 4.78 is 172. The highest BCUT2D eigenvalue weighted by atomic mass is 35.5. The number of rotatable bonds is 21. The van der Waals surface area contributed by atoms with Gasteiger partial charge in [-0.15, -0.1) is 0 Å². The van der Waals surface area contributed by atoms with Gasteiger partial charge in [0, 0.05) is 76.3 Å². The van der Waals surface area contributed by atoms with Crippen molar-refractivity contribution >= 4 is 75.6 Å². The second kappa shape index (κ2) is 32.7. The Morgan fingerprint density at radius 2 is 0.897 bits per heavy atom. The third-order valence-electron chi connectivity index (χ3n) is 20.5. The summed E-state index contributed by atoms with van der Waals surface area (Å²) in [5.74, 6) is 2.02. The van der Waals surface area contributed by atoms with Crippen molar-refractivity contribution in [2.45, 2.75) is 192 Å². The number of fused-ring (bicyclic) bond motifs is 1. The Morgan fingerprint density at radius 1 is 0.448 bits per heavy atom. The van der Waals surface area contributed by atoms with Gasteiger partial charge in [0.1, 0.15) is 70.3 Å². The molecule has 13 heterocycles. The number of aryl methyl sites for hydroxylation is 4. The van der Waals surface area contributed by atoms with Crippen molar-refractivity contribution < 1.29 is 52.7 Å². The minimum atomic E-state index is -4.53. The maximum atomic E-state index is 13.3. The summed E-state index contributed by atoms with van der Waals surface area (Å²) in [7, 11) is 2.77. The predicted molar refractivity (Wildman–Crippen MR) is 398 cm³/mol. The van der Waals surface area contributed by atoms with Crippen molar-refractivity contribution in [3.8, 4) is 0 Å². The van der Waals surface area contributed by atoms with Crippen LogP contribution < -0.4 is 37.2 Å². The second-order valence-electron chi connectivity index (χ2n) is 28.3. The summed E-state index contributed by atoms with van der Waals surface area (Å²) in [5.41, 5.74) is 1.45. The van der Waals surface area contributed by atoms with Gasteiger partial charge in [-0.2, -0.15) is 103 Å². The molecule has 0 spiro atoms. The van der Waals surface area contributed by atoms with Crippen LogP contribution in [0.1, 0.15) is 176 Å². The molecule has 46 heteroatoms. The van der Waals surface area contributed by atoms with E-state index in [-0.39, 0.29) is 89.6 Å². The van der Waals surface area contributed by atoms with Crippen LogP contribution in [0.25, 0.3) is 0 Å². The van der Waals surface area contributed by atoms with Crippen LogP contribution >= 0.6 is 11.6 Å². The van der Waals surface area contributed by atoms with E-state index in [0.717, 1.165) is 124 Å². The molecule has 4 fully saturated rings. The maximum absolute atomic E-state index is 13.3. The standard InChI is InChI=1S/C19H21F3N8.C17H17ClF3N7.2C17H20F3N9/c1-11-16(10-25-30(11)14-7-13(8-14)29-6-2-5-24-29)27-18-23-9-15(19(20,21)22)17(28-18)26-12-3-4-12;1-2-3-11-10(17(19,20)21)8-23-16(25-11)26-12-9-24-28(14(12)18)13-4-6-27-7-5-22-15(13)27;1-9-14(25-16-22-6-13(17(18,19)20)15(21-3)26-16)7-24-29(9)12-4-11(5-12)28-8-23-10(2)27-28;1-9-14(26-16-22-6-13(17(18,19)20)15(21-3)27-16)7-24-28(9)11-4-12(5-11)29-10(2)23-8-25-29/h2,5-6,9-10,12-14H,3-4,7-8H2,1H3,(H2,23,26,27,28);5,7-9,13H,2-4,6H2,1H3,(H,23,25,26);6-8,11-12H,4-5H2,1-3H3,(H2,21,22,25,26);6-8,11-12H,4-5H2,1-3H3,(H2,21,22,26,27). The number of alkyl halides is 12. The molecule has 33 nitrogen and oxygen atoms in total. The first-order chi connectivity index (χ1) is 55.3. The SMILES string of the molecule is CCCc1nc(Nc2cnn(C3CCn4ccnc43)c2Cl)ncc1C(F)(F)F.CNc1nc(Nc2cnn(C3CC(n4cnc(C)n4)C3)c2C)ncc1C(F)(F)F.CNc1nc(Nc2cnn(C3CC(n4ncnc4C)C3)c2C)ncc1C(F)(F)F.Cc1c(Nc2ncc(C(F)(F)F)c(NC3CC3)n2)cnn1C1CC(n2cccn2)C1. The number of anilines is 11. The number of aromatic nitrogens is 26. The van der Waals surface area contributed by atoms with E-state index < -0.39 is 47.0 Å². The first-order valence-electron chi connectivity index (χ1n) is 36.9. The zero-order valence-corrected chi connectivity index (χ0v) is 64.1. The third-order valence-corrected chi connectivity index (χ3v) is 20.8. The zero-order valence-electron chi connectivity index (χ0n) is 63.3. The first-order valence-corrected chi connectivity index (χ1v) is 37.2. The molecule has 0 aromatic carbocycles. The van der Waals surface area contributed by atoms with Crippen LogP contribution in [0.5, 0.6) is 0 Å². The Labute approximate surface area is 657 Å². The van der Waals surface area contributed by atoms with E-state index in [9.17, 15) is 52.7 Å². The van der Waals surface area contributed by atoms with Crippen LogP contribution in [0, 0.1) is 34.6 Å². The molecule has 1 aliphatic heterocycles. The lowest BCUT2D eigenvalue weighted by Crippen LogP contribution is -2.31. The number of nitrogens with zero attached hydrogens (tertiary/aromatic N) is 26. The minimum Gasteiger partial charge on any atom is -0.372 e. The van der Waals surface area contributed by atoms with Gasteiger partial charge in [-0.3, -0.25) is 18.7 Å².